The fraction of sp³-hybridized carbons (Fsp3) is 0.786. The van der Waals surface area contributed by atoms with Gasteiger partial charge in [0.2, 0.25) is 0 Å². The van der Waals surface area contributed by atoms with Gasteiger partial charge in [0, 0.05) is 22.9 Å². The largest absolute Gasteiger partial charge is 0.326 e. The van der Waals surface area contributed by atoms with Gasteiger partial charge >= 0.3 is 0 Å². The number of rotatable bonds is 2. The predicted octanol–water partition coefficient (Wildman–Crippen LogP) is 3.07. The van der Waals surface area contributed by atoms with Gasteiger partial charge in [0.1, 0.15) is 0 Å². The fourth-order valence-electron chi connectivity index (χ4n) is 5.24. The molecule has 2 N–H and O–H groups in total. The average molecular weight is 248 g/mol. The van der Waals surface area contributed by atoms with Gasteiger partial charge in [-0.15, -0.1) is 0 Å². The minimum atomic E-state index is 0.434. The first-order valence-corrected chi connectivity index (χ1v) is 7.76. The summed E-state index contributed by atoms with van der Waals surface area (Å²) < 4.78 is 4.74. The predicted molar refractivity (Wildman–Crippen MR) is 69.9 cm³/mol. The van der Waals surface area contributed by atoms with Crippen LogP contribution in [-0.2, 0) is 12.0 Å². The van der Waals surface area contributed by atoms with Crippen LogP contribution >= 0.6 is 11.5 Å². The standard InChI is InChI=1S/C14H20N2S/c15-7-12-8-17-16-13(12)14-4-9-1-10(5-14)3-11(2-9)6-14/h8-11H,1-7,15H2. The molecule has 0 amide bonds. The molecule has 0 atom stereocenters. The van der Waals surface area contributed by atoms with Gasteiger partial charge in [-0.05, 0) is 67.8 Å². The summed E-state index contributed by atoms with van der Waals surface area (Å²) in [5, 5.41) is 2.17. The van der Waals surface area contributed by atoms with Crippen molar-refractivity contribution in [2.75, 3.05) is 0 Å². The number of hydrogen-bond acceptors (Lipinski definition) is 3. The lowest BCUT2D eigenvalue weighted by molar-refractivity contribution is -0.00716. The molecule has 0 aromatic carbocycles. The van der Waals surface area contributed by atoms with E-state index in [9.17, 15) is 0 Å². The molecule has 0 spiro atoms. The Kier molecular flexibility index (Phi) is 2.19. The van der Waals surface area contributed by atoms with E-state index in [0.717, 1.165) is 17.8 Å². The van der Waals surface area contributed by atoms with E-state index in [1.165, 1.54) is 49.8 Å². The molecule has 1 aromatic rings. The zero-order valence-electron chi connectivity index (χ0n) is 10.2. The minimum absolute atomic E-state index is 0.434. The highest BCUT2D eigenvalue weighted by molar-refractivity contribution is 7.03. The highest BCUT2D eigenvalue weighted by Gasteiger charge is 2.53. The van der Waals surface area contributed by atoms with Crippen LogP contribution in [0, 0.1) is 17.8 Å². The van der Waals surface area contributed by atoms with Crippen molar-refractivity contribution in [3.8, 4) is 0 Å². The smallest absolute Gasteiger partial charge is 0.0648 e. The summed E-state index contributed by atoms with van der Waals surface area (Å²) in [4.78, 5) is 0. The van der Waals surface area contributed by atoms with Crippen molar-refractivity contribution >= 4 is 11.5 Å². The van der Waals surface area contributed by atoms with Crippen molar-refractivity contribution < 1.29 is 0 Å². The van der Waals surface area contributed by atoms with E-state index in [4.69, 9.17) is 10.1 Å². The first kappa shape index (κ1) is 10.5. The molecule has 0 unspecified atom stereocenters. The van der Waals surface area contributed by atoms with Crippen molar-refractivity contribution in [1.29, 1.82) is 0 Å². The third-order valence-corrected chi connectivity index (χ3v) is 6.08. The Morgan fingerprint density at radius 1 is 1.18 bits per heavy atom. The first-order chi connectivity index (χ1) is 8.29. The van der Waals surface area contributed by atoms with Crippen molar-refractivity contribution in [2.24, 2.45) is 23.5 Å². The van der Waals surface area contributed by atoms with Gasteiger partial charge in [-0.2, -0.15) is 4.37 Å². The molecular formula is C14H20N2S. The second-order valence-electron chi connectivity index (χ2n) is 6.59. The number of nitrogens with two attached hydrogens (primary N) is 1. The van der Waals surface area contributed by atoms with Crippen LogP contribution in [0.2, 0.25) is 0 Å². The summed E-state index contributed by atoms with van der Waals surface area (Å²) in [6.45, 7) is 0.674. The van der Waals surface area contributed by atoms with E-state index in [2.05, 4.69) is 5.38 Å². The Hall–Kier alpha value is -0.410. The third kappa shape index (κ3) is 1.45. The Balaban J connectivity index is 1.77. The summed E-state index contributed by atoms with van der Waals surface area (Å²) >= 11 is 1.61. The zero-order valence-corrected chi connectivity index (χ0v) is 11.0. The zero-order chi connectivity index (χ0) is 11.5. The molecule has 4 bridgehead atoms. The van der Waals surface area contributed by atoms with E-state index < -0.39 is 0 Å². The van der Waals surface area contributed by atoms with E-state index in [-0.39, 0.29) is 0 Å². The molecular weight excluding hydrogens is 228 g/mol. The molecule has 4 aliphatic carbocycles. The Bertz CT molecular complexity index is 402. The summed E-state index contributed by atoms with van der Waals surface area (Å²) in [5.74, 6) is 2.98. The van der Waals surface area contributed by atoms with E-state index >= 15 is 0 Å². The summed E-state index contributed by atoms with van der Waals surface area (Å²) in [7, 11) is 0. The topological polar surface area (TPSA) is 38.9 Å². The fourth-order valence-corrected chi connectivity index (χ4v) is 6.04. The third-order valence-electron chi connectivity index (χ3n) is 5.40. The second kappa shape index (κ2) is 3.55. The molecule has 0 aliphatic heterocycles. The van der Waals surface area contributed by atoms with Crippen LogP contribution in [0.25, 0.3) is 0 Å². The van der Waals surface area contributed by atoms with Crippen LogP contribution in [0.5, 0.6) is 0 Å². The van der Waals surface area contributed by atoms with Crippen LogP contribution in [-0.4, -0.2) is 4.37 Å². The van der Waals surface area contributed by atoms with Gasteiger partial charge in [0.05, 0.1) is 5.69 Å². The monoisotopic (exact) mass is 248 g/mol. The quantitative estimate of drug-likeness (QED) is 0.873. The maximum absolute atomic E-state index is 5.88. The van der Waals surface area contributed by atoms with Crippen molar-refractivity contribution in [3.63, 3.8) is 0 Å². The first-order valence-electron chi connectivity index (χ1n) is 6.93. The highest BCUT2D eigenvalue weighted by Crippen LogP contribution is 2.60. The Morgan fingerprint density at radius 2 is 1.76 bits per heavy atom. The lowest BCUT2D eigenvalue weighted by atomic mass is 9.48. The minimum Gasteiger partial charge on any atom is -0.326 e. The second-order valence-corrected chi connectivity index (χ2v) is 7.22. The molecule has 4 saturated carbocycles. The maximum atomic E-state index is 5.88. The lowest BCUT2D eigenvalue weighted by Crippen LogP contribution is -2.49. The van der Waals surface area contributed by atoms with Crippen molar-refractivity contribution in [3.05, 3.63) is 16.6 Å². The van der Waals surface area contributed by atoms with E-state index in [0.29, 0.717) is 12.0 Å². The van der Waals surface area contributed by atoms with Gasteiger partial charge in [0.25, 0.3) is 0 Å². The molecule has 92 valence electrons. The van der Waals surface area contributed by atoms with Crippen LogP contribution in [0.1, 0.15) is 49.8 Å². The molecule has 4 aliphatic rings. The molecule has 1 heterocycles. The average Bonchev–Trinajstić information content (AvgIpc) is 2.75. The van der Waals surface area contributed by atoms with Gasteiger partial charge in [-0.25, -0.2) is 0 Å². The lowest BCUT2D eigenvalue weighted by Gasteiger charge is -2.56. The number of nitrogens with zero attached hydrogens (tertiary/aromatic N) is 1. The van der Waals surface area contributed by atoms with Crippen molar-refractivity contribution in [2.45, 2.75) is 50.5 Å². The van der Waals surface area contributed by atoms with Gasteiger partial charge in [-0.1, -0.05) is 0 Å². The molecule has 4 fully saturated rings. The molecule has 3 heteroatoms. The van der Waals surface area contributed by atoms with Crippen LogP contribution in [0.3, 0.4) is 0 Å². The normalized spacial score (nSPS) is 43.2. The maximum Gasteiger partial charge on any atom is 0.0648 e. The molecule has 17 heavy (non-hydrogen) atoms. The summed E-state index contributed by atoms with van der Waals surface area (Å²) in [5.41, 5.74) is 9.04. The Morgan fingerprint density at radius 3 is 2.29 bits per heavy atom. The molecule has 5 rings (SSSR count). The highest BCUT2D eigenvalue weighted by atomic mass is 32.1. The molecule has 0 radical (unpaired) electrons. The number of hydrogen-bond donors (Lipinski definition) is 1. The van der Waals surface area contributed by atoms with E-state index in [1.54, 1.807) is 11.5 Å². The SMILES string of the molecule is NCc1csnc1C12CC3CC(CC(C3)C1)C2. The number of aromatic nitrogens is 1. The van der Waals surface area contributed by atoms with Crippen LogP contribution in [0.15, 0.2) is 5.38 Å². The van der Waals surface area contributed by atoms with Gasteiger partial charge in [0.15, 0.2) is 0 Å². The molecule has 1 aromatic heterocycles. The van der Waals surface area contributed by atoms with E-state index in [1.807, 2.05) is 0 Å². The van der Waals surface area contributed by atoms with Crippen LogP contribution < -0.4 is 5.73 Å². The summed E-state index contributed by atoms with van der Waals surface area (Å²) in [6, 6.07) is 0. The van der Waals surface area contributed by atoms with Gasteiger partial charge in [-0.3, -0.25) is 0 Å². The van der Waals surface area contributed by atoms with Crippen LogP contribution in [0.4, 0.5) is 0 Å². The molecule has 2 nitrogen and oxygen atoms in total. The van der Waals surface area contributed by atoms with Gasteiger partial charge < -0.3 is 5.73 Å². The molecule has 0 saturated heterocycles. The Labute approximate surface area is 107 Å². The summed E-state index contributed by atoms with van der Waals surface area (Å²) in [6.07, 6.45) is 8.70. The van der Waals surface area contributed by atoms with Crippen molar-refractivity contribution in [1.82, 2.24) is 4.37 Å².